The lowest BCUT2D eigenvalue weighted by Crippen LogP contribution is -2.44. The summed E-state index contributed by atoms with van der Waals surface area (Å²) in [5.41, 5.74) is 3.23. The molecule has 3 rings (SSSR count). The Balaban J connectivity index is 1.41. The number of piperazine rings is 1. The van der Waals surface area contributed by atoms with E-state index in [1.54, 1.807) is 7.11 Å². The molecule has 2 aromatic carbocycles. The van der Waals surface area contributed by atoms with Crippen molar-refractivity contribution in [1.82, 2.24) is 10.2 Å². The van der Waals surface area contributed by atoms with Gasteiger partial charge in [-0.05, 0) is 49.0 Å². The van der Waals surface area contributed by atoms with Crippen LogP contribution < -0.4 is 20.3 Å². The summed E-state index contributed by atoms with van der Waals surface area (Å²) in [6, 6.07) is 16.0. The van der Waals surface area contributed by atoms with Gasteiger partial charge >= 0.3 is 0 Å². The van der Waals surface area contributed by atoms with Crippen LogP contribution in [0.15, 0.2) is 48.5 Å². The molecule has 1 aliphatic heterocycles. The van der Waals surface area contributed by atoms with Gasteiger partial charge in [-0.3, -0.25) is 4.79 Å². The van der Waals surface area contributed by atoms with E-state index in [-0.39, 0.29) is 12.5 Å². The standard InChI is InChI=1S/C21H28N4O2/c1-24-11-13-25(14-12-24)19-7-5-18(6-8-19)22-16-21(26)23-15-17-3-9-20(27-2)10-4-17/h3-10,22H,11-16H2,1-2H3,(H,23,26). The fraction of sp³-hybridized carbons (Fsp3) is 0.381. The van der Waals surface area contributed by atoms with Crippen molar-refractivity contribution in [1.29, 1.82) is 0 Å². The smallest absolute Gasteiger partial charge is 0.239 e. The van der Waals surface area contributed by atoms with Crippen LogP contribution in [0.25, 0.3) is 0 Å². The van der Waals surface area contributed by atoms with Crippen molar-refractivity contribution in [2.24, 2.45) is 0 Å². The van der Waals surface area contributed by atoms with Gasteiger partial charge in [0.1, 0.15) is 5.75 Å². The van der Waals surface area contributed by atoms with Crippen LogP contribution in [0.2, 0.25) is 0 Å². The molecule has 6 heteroatoms. The van der Waals surface area contributed by atoms with Gasteiger partial charge in [0.05, 0.1) is 13.7 Å². The zero-order valence-corrected chi connectivity index (χ0v) is 16.1. The number of nitrogens with zero attached hydrogens (tertiary/aromatic N) is 2. The number of anilines is 2. The minimum atomic E-state index is -0.0334. The third kappa shape index (κ3) is 5.62. The molecule has 144 valence electrons. The molecule has 1 aliphatic rings. The predicted molar refractivity (Wildman–Crippen MR) is 109 cm³/mol. The van der Waals surface area contributed by atoms with E-state index in [1.807, 2.05) is 36.4 Å². The minimum Gasteiger partial charge on any atom is -0.497 e. The highest BCUT2D eigenvalue weighted by Gasteiger charge is 2.13. The first-order chi connectivity index (χ1) is 13.1. The molecule has 0 aliphatic carbocycles. The van der Waals surface area contributed by atoms with E-state index in [1.165, 1.54) is 5.69 Å². The topological polar surface area (TPSA) is 56.8 Å². The fourth-order valence-electron chi connectivity index (χ4n) is 3.04. The number of ether oxygens (including phenoxy) is 1. The summed E-state index contributed by atoms with van der Waals surface area (Å²) in [5.74, 6) is 0.778. The van der Waals surface area contributed by atoms with E-state index in [0.717, 1.165) is 43.2 Å². The lowest BCUT2D eigenvalue weighted by atomic mass is 10.2. The Labute approximate surface area is 161 Å². The van der Waals surface area contributed by atoms with Crippen LogP contribution >= 0.6 is 0 Å². The molecule has 6 nitrogen and oxygen atoms in total. The van der Waals surface area contributed by atoms with Crippen LogP contribution in [0.3, 0.4) is 0 Å². The average Bonchev–Trinajstić information content (AvgIpc) is 2.72. The molecular weight excluding hydrogens is 340 g/mol. The van der Waals surface area contributed by atoms with Crippen molar-refractivity contribution in [3.8, 4) is 5.75 Å². The summed E-state index contributed by atoms with van der Waals surface area (Å²) >= 11 is 0. The van der Waals surface area contributed by atoms with Crippen LogP contribution in [-0.2, 0) is 11.3 Å². The number of likely N-dealkylation sites (N-methyl/N-ethyl adjacent to an activating group) is 1. The number of hydrogen-bond acceptors (Lipinski definition) is 5. The Bertz CT molecular complexity index is 723. The molecule has 27 heavy (non-hydrogen) atoms. The fourth-order valence-corrected chi connectivity index (χ4v) is 3.04. The molecule has 2 N–H and O–H groups in total. The predicted octanol–water partition coefficient (Wildman–Crippen LogP) is 2.18. The van der Waals surface area contributed by atoms with E-state index >= 15 is 0 Å². The number of amides is 1. The maximum atomic E-state index is 12.0. The third-order valence-corrected chi connectivity index (χ3v) is 4.84. The van der Waals surface area contributed by atoms with Crippen LogP contribution in [0, 0.1) is 0 Å². The summed E-state index contributed by atoms with van der Waals surface area (Å²) < 4.78 is 5.13. The SMILES string of the molecule is COc1ccc(CNC(=O)CNc2ccc(N3CCN(C)CC3)cc2)cc1. The van der Waals surface area contributed by atoms with Gasteiger partial charge in [0.15, 0.2) is 0 Å². The highest BCUT2D eigenvalue weighted by atomic mass is 16.5. The number of hydrogen-bond donors (Lipinski definition) is 2. The third-order valence-electron chi connectivity index (χ3n) is 4.84. The van der Waals surface area contributed by atoms with Crippen LogP contribution in [0.4, 0.5) is 11.4 Å². The number of carbonyl (C=O) groups excluding carboxylic acids is 1. The van der Waals surface area contributed by atoms with E-state index in [0.29, 0.717) is 6.54 Å². The highest BCUT2D eigenvalue weighted by Crippen LogP contribution is 2.19. The van der Waals surface area contributed by atoms with Crippen LogP contribution in [0.1, 0.15) is 5.56 Å². The van der Waals surface area contributed by atoms with Crippen molar-refractivity contribution in [3.05, 3.63) is 54.1 Å². The van der Waals surface area contributed by atoms with Crippen molar-refractivity contribution in [2.45, 2.75) is 6.54 Å². The molecule has 0 aromatic heterocycles. The summed E-state index contributed by atoms with van der Waals surface area (Å²) in [6.07, 6.45) is 0. The molecular formula is C21H28N4O2. The average molecular weight is 368 g/mol. The van der Waals surface area contributed by atoms with E-state index < -0.39 is 0 Å². The quantitative estimate of drug-likeness (QED) is 0.785. The second kappa shape index (κ2) is 9.28. The molecule has 0 bridgehead atoms. The van der Waals surface area contributed by atoms with Crippen LogP contribution in [0.5, 0.6) is 5.75 Å². The number of methoxy groups -OCH3 is 1. The first-order valence-corrected chi connectivity index (χ1v) is 9.31. The first kappa shape index (κ1) is 19.0. The van der Waals surface area contributed by atoms with Crippen molar-refractivity contribution in [3.63, 3.8) is 0 Å². The molecule has 0 atom stereocenters. The van der Waals surface area contributed by atoms with E-state index in [9.17, 15) is 4.79 Å². The Morgan fingerprint density at radius 2 is 1.67 bits per heavy atom. The van der Waals surface area contributed by atoms with Gasteiger partial charge < -0.3 is 25.2 Å². The zero-order chi connectivity index (χ0) is 19.1. The molecule has 1 saturated heterocycles. The summed E-state index contributed by atoms with van der Waals surface area (Å²) in [6.45, 7) is 5.05. The van der Waals surface area contributed by atoms with E-state index in [4.69, 9.17) is 4.74 Å². The Morgan fingerprint density at radius 1 is 1.00 bits per heavy atom. The van der Waals surface area contributed by atoms with Gasteiger partial charge in [0, 0.05) is 44.1 Å². The van der Waals surface area contributed by atoms with Gasteiger partial charge in [0.2, 0.25) is 5.91 Å². The van der Waals surface area contributed by atoms with E-state index in [2.05, 4.69) is 39.6 Å². The zero-order valence-electron chi connectivity index (χ0n) is 16.1. The molecule has 1 heterocycles. The maximum absolute atomic E-state index is 12.0. The number of carbonyl (C=O) groups is 1. The number of rotatable bonds is 7. The second-order valence-corrected chi connectivity index (χ2v) is 6.82. The normalized spacial score (nSPS) is 14.7. The second-order valence-electron chi connectivity index (χ2n) is 6.82. The Kier molecular flexibility index (Phi) is 6.54. The van der Waals surface area contributed by atoms with Gasteiger partial charge in [-0.15, -0.1) is 0 Å². The maximum Gasteiger partial charge on any atom is 0.239 e. The molecule has 0 radical (unpaired) electrons. The Hall–Kier alpha value is -2.73. The largest absolute Gasteiger partial charge is 0.497 e. The molecule has 1 fully saturated rings. The molecule has 0 spiro atoms. The molecule has 2 aromatic rings. The highest BCUT2D eigenvalue weighted by molar-refractivity contribution is 5.80. The van der Waals surface area contributed by atoms with Crippen molar-refractivity contribution in [2.75, 3.05) is 57.1 Å². The number of nitrogens with one attached hydrogen (secondary N) is 2. The number of benzene rings is 2. The van der Waals surface area contributed by atoms with Gasteiger partial charge in [0.25, 0.3) is 0 Å². The summed E-state index contributed by atoms with van der Waals surface area (Å²) in [4.78, 5) is 16.8. The lowest BCUT2D eigenvalue weighted by molar-refractivity contribution is -0.119. The monoisotopic (exact) mass is 368 g/mol. The van der Waals surface area contributed by atoms with Gasteiger partial charge in [-0.2, -0.15) is 0 Å². The summed E-state index contributed by atoms with van der Waals surface area (Å²) in [5, 5.41) is 6.10. The lowest BCUT2D eigenvalue weighted by Gasteiger charge is -2.34. The summed E-state index contributed by atoms with van der Waals surface area (Å²) in [7, 11) is 3.80. The molecule has 0 unspecified atom stereocenters. The van der Waals surface area contributed by atoms with Crippen LogP contribution in [-0.4, -0.2) is 57.7 Å². The van der Waals surface area contributed by atoms with Crippen molar-refractivity contribution >= 4 is 17.3 Å². The van der Waals surface area contributed by atoms with Gasteiger partial charge in [-0.1, -0.05) is 12.1 Å². The molecule has 0 saturated carbocycles. The first-order valence-electron chi connectivity index (χ1n) is 9.31. The van der Waals surface area contributed by atoms with Crippen molar-refractivity contribution < 1.29 is 9.53 Å². The van der Waals surface area contributed by atoms with Gasteiger partial charge in [-0.25, -0.2) is 0 Å². The molecule has 1 amide bonds. The Morgan fingerprint density at radius 3 is 2.30 bits per heavy atom. The minimum absolute atomic E-state index is 0.0334.